The van der Waals surface area contributed by atoms with Crippen LogP contribution in [0.3, 0.4) is 0 Å². The van der Waals surface area contributed by atoms with E-state index in [9.17, 15) is 13.6 Å². The van der Waals surface area contributed by atoms with Crippen molar-refractivity contribution in [2.24, 2.45) is 0 Å². The van der Waals surface area contributed by atoms with Crippen molar-refractivity contribution in [2.45, 2.75) is 33.5 Å². The first-order valence-electron chi connectivity index (χ1n) is 8.66. The van der Waals surface area contributed by atoms with Gasteiger partial charge in [0.1, 0.15) is 5.75 Å². The van der Waals surface area contributed by atoms with Crippen molar-refractivity contribution in [1.29, 1.82) is 0 Å². The van der Waals surface area contributed by atoms with Gasteiger partial charge in [-0.05, 0) is 36.3 Å². The van der Waals surface area contributed by atoms with Crippen molar-refractivity contribution < 1.29 is 18.3 Å². The third kappa shape index (κ3) is 5.52. The highest BCUT2D eigenvalue weighted by Gasteiger charge is 2.15. The lowest BCUT2D eigenvalue weighted by atomic mass is 10.1. The van der Waals surface area contributed by atoms with Crippen LogP contribution >= 0.6 is 0 Å². The van der Waals surface area contributed by atoms with Crippen LogP contribution < -0.4 is 10.1 Å². The summed E-state index contributed by atoms with van der Waals surface area (Å²) in [6, 6.07) is 13.9. The summed E-state index contributed by atoms with van der Waals surface area (Å²) in [5, 5.41) is 2.80. The van der Waals surface area contributed by atoms with E-state index in [0.29, 0.717) is 6.54 Å². The second-order valence-electron chi connectivity index (χ2n) is 5.79. The minimum absolute atomic E-state index is 0.0917. The van der Waals surface area contributed by atoms with Crippen molar-refractivity contribution in [3.8, 4) is 5.75 Å². The molecule has 140 valence electrons. The first-order chi connectivity index (χ1) is 12.5. The van der Waals surface area contributed by atoms with Gasteiger partial charge in [-0.1, -0.05) is 50.2 Å². The maximum absolute atomic E-state index is 12.5. The molecule has 0 aliphatic rings. The molecule has 0 spiro atoms. The smallest absolute Gasteiger partial charge is 0.387 e. The fraction of sp³-hybridized carbons (Fsp3) is 0.350. The molecule has 0 bridgehead atoms. The standard InChI is InChI=1S/C20H24F2N2O2/c1-3-24(4-2)14-16-10-6-5-9-15(16)13-23-19(25)17-11-7-8-12-18(17)26-20(21)22/h5-12,20H,3-4,13-14H2,1-2H3,(H,23,25). The zero-order valence-corrected chi connectivity index (χ0v) is 15.0. The van der Waals surface area contributed by atoms with Crippen LogP contribution in [0.25, 0.3) is 0 Å². The summed E-state index contributed by atoms with van der Waals surface area (Å²) in [6.45, 7) is 4.23. The number of benzene rings is 2. The molecule has 26 heavy (non-hydrogen) atoms. The van der Waals surface area contributed by atoms with E-state index >= 15 is 0 Å². The minimum Gasteiger partial charge on any atom is -0.434 e. The Labute approximate surface area is 152 Å². The van der Waals surface area contributed by atoms with E-state index in [1.165, 1.54) is 12.1 Å². The number of nitrogens with one attached hydrogen (secondary N) is 1. The number of nitrogens with zero attached hydrogens (tertiary/aromatic N) is 1. The van der Waals surface area contributed by atoms with Crippen LogP contribution in [0.15, 0.2) is 48.5 Å². The molecule has 0 heterocycles. The normalized spacial score (nSPS) is 11.0. The van der Waals surface area contributed by atoms with Gasteiger partial charge in [-0.25, -0.2) is 0 Å². The van der Waals surface area contributed by atoms with Gasteiger partial charge in [-0.15, -0.1) is 0 Å². The molecule has 2 aromatic carbocycles. The summed E-state index contributed by atoms with van der Waals surface area (Å²) >= 11 is 0. The van der Waals surface area contributed by atoms with Gasteiger partial charge in [0, 0.05) is 13.1 Å². The van der Waals surface area contributed by atoms with Gasteiger partial charge < -0.3 is 10.1 Å². The average Bonchev–Trinajstić information content (AvgIpc) is 2.65. The van der Waals surface area contributed by atoms with Gasteiger partial charge in [0.2, 0.25) is 0 Å². The molecule has 2 rings (SSSR count). The Morgan fingerprint density at radius 2 is 1.65 bits per heavy atom. The Balaban J connectivity index is 2.09. The lowest BCUT2D eigenvalue weighted by molar-refractivity contribution is -0.0501. The van der Waals surface area contributed by atoms with E-state index in [1.807, 2.05) is 24.3 Å². The zero-order valence-electron chi connectivity index (χ0n) is 15.0. The number of hydrogen-bond acceptors (Lipinski definition) is 3. The fourth-order valence-corrected chi connectivity index (χ4v) is 2.70. The quantitative estimate of drug-likeness (QED) is 0.731. The van der Waals surface area contributed by atoms with E-state index in [1.54, 1.807) is 12.1 Å². The van der Waals surface area contributed by atoms with Crippen molar-refractivity contribution >= 4 is 5.91 Å². The molecule has 4 nitrogen and oxygen atoms in total. The van der Waals surface area contributed by atoms with Crippen LogP contribution in [-0.4, -0.2) is 30.5 Å². The largest absolute Gasteiger partial charge is 0.434 e. The number of alkyl halides is 2. The molecule has 0 radical (unpaired) electrons. The molecule has 0 aliphatic carbocycles. The molecule has 1 N–H and O–H groups in total. The predicted octanol–water partition coefficient (Wildman–Crippen LogP) is 4.06. The maximum Gasteiger partial charge on any atom is 0.387 e. The summed E-state index contributed by atoms with van der Waals surface area (Å²) in [6.07, 6.45) is 0. The average molecular weight is 362 g/mol. The third-order valence-corrected chi connectivity index (χ3v) is 4.19. The Kier molecular flexibility index (Phi) is 7.53. The van der Waals surface area contributed by atoms with Gasteiger partial charge in [0.05, 0.1) is 5.56 Å². The molecule has 0 fully saturated rings. The number of halogens is 2. The highest BCUT2D eigenvalue weighted by molar-refractivity contribution is 5.96. The van der Waals surface area contributed by atoms with E-state index in [2.05, 4.69) is 28.8 Å². The van der Waals surface area contributed by atoms with Gasteiger partial charge in [-0.3, -0.25) is 9.69 Å². The van der Waals surface area contributed by atoms with Gasteiger partial charge in [0.25, 0.3) is 5.91 Å². The van der Waals surface area contributed by atoms with E-state index in [0.717, 1.165) is 30.8 Å². The number of ether oxygens (including phenoxy) is 1. The van der Waals surface area contributed by atoms with Crippen LogP contribution in [0.1, 0.15) is 35.3 Å². The lowest BCUT2D eigenvalue weighted by Gasteiger charge is -2.20. The van der Waals surface area contributed by atoms with Gasteiger partial charge >= 0.3 is 6.61 Å². The monoisotopic (exact) mass is 362 g/mol. The Morgan fingerprint density at radius 1 is 1.04 bits per heavy atom. The molecule has 0 saturated carbocycles. The van der Waals surface area contributed by atoms with Gasteiger partial charge in [-0.2, -0.15) is 8.78 Å². The number of carbonyl (C=O) groups excluding carboxylic acids is 1. The number of carbonyl (C=O) groups is 1. The number of hydrogen-bond donors (Lipinski definition) is 1. The molecular weight excluding hydrogens is 338 g/mol. The molecule has 0 atom stereocenters. The highest BCUT2D eigenvalue weighted by Crippen LogP contribution is 2.20. The van der Waals surface area contributed by atoms with Gasteiger partial charge in [0.15, 0.2) is 0 Å². The fourth-order valence-electron chi connectivity index (χ4n) is 2.70. The Bertz CT molecular complexity index is 718. The van der Waals surface area contributed by atoms with Crippen molar-refractivity contribution in [3.63, 3.8) is 0 Å². The number of rotatable bonds is 9. The second-order valence-corrected chi connectivity index (χ2v) is 5.79. The maximum atomic E-state index is 12.5. The summed E-state index contributed by atoms with van der Waals surface area (Å²) in [5.74, 6) is -0.574. The molecule has 0 saturated heterocycles. The van der Waals surface area contributed by atoms with Crippen LogP contribution in [0.5, 0.6) is 5.75 Å². The Hall–Kier alpha value is -2.47. The van der Waals surface area contributed by atoms with Crippen LogP contribution in [0.2, 0.25) is 0 Å². The van der Waals surface area contributed by atoms with Crippen molar-refractivity contribution in [3.05, 3.63) is 65.2 Å². The first kappa shape index (κ1) is 19.8. The molecule has 1 amide bonds. The summed E-state index contributed by atoms with van der Waals surface area (Å²) in [5.41, 5.74) is 2.22. The summed E-state index contributed by atoms with van der Waals surface area (Å²) < 4.78 is 29.4. The predicted molar refractivity (Wildman–Crippen MR) is 97.3 cm³/mol. The summed E-state index contributed by atoms with van der Waals surface area (Å²) in [4.78, 5) is 14.7. The minimum atomic E-state index is -2.97. The van der Waals surface area contributed by atoms with Crippen LogP contribution in [-0.2, 0) is 13.1 Å². The third-order valence-electron chi connectivity index (χ3n) is 4.19. The topological polar surface area (TPSA) is 41.6 Å². The number of amides is 1. The first-order valence-corrected chi connectivity index (χ1v) is 8.66. The Morgan fingerprint density at radius 3 is 2.31 bits per heavy atom. The van der Waals surface area contributed by atoms with E-state index in [-0.39, 0.29) is 11.3 Å². The molecule has 0 aliphatic heterocycles. The van der Waals surface area contributed by atoms with Crippen LogP contribution in [0.4, 0.5) is 8.78 Å². The lowest BCUT2D eigenvalue weighted by Crippen LogP contribution is -2.26. The SMILES string of the molecule is CCN(CC)Cc1ccccc1CNC(=O)c1ccccc1OC(F)F. The molecule has 0 aromatic heterocycles. The van der Waals surface area contributed by atoms with Crippen molar-refractivity contribution in [2.75, 3.05) is 13.1 Å². The molecular formula is C20H24F2N2O2. The molecule has 6 heteroatoms. The zero-order chi connectivity index (χ0) is 18.9. The second kappa shape index (κ2) is 9.87. The van der Waals surface area contributed by atoms with Crippen molar-refractivity contribution in [1.82, 2.24) is 10.2 Å². The van der Waals surface area contributed by atoms with Crippen LogP contribution in [0, 0.1) is 0 Å². The number of para-hydroxylation sites is 1. The van der Waals surface area contributed by atoms with E-state index < -0.39 is 12.5 Å². The molecule has 2 aromatic rings. The molecule has 0 unspecified atom stereocenters. The summed E-state index contributed by atoms with van der Waals surface area (Å²) in [7, 11) is 0. The van der Waals surface area contributed by atoms with E-state index in [4.69, 9.17) is 0 Å². The highest BCUT2D eigenvalue weighted by atomic mass is 19.3.